The van der Waals surface area contributed by atoms with Crippen LogP contribution in [0.25, 0.3) is 4.96 Å². The Morgan fingerprint density at radius 1 is 1.47 bits per heavy atom. The summed E-state index contributed by atoms with van der Waals surface area (Å²) in [5.74, 6) is 0.953. The van der Waals surface area contributed by atoms with E-state index < -0.39 is 0 Å². The molecular formula is C13H17N3O2S. The first-order valence-corrected chi connectivity index (χ1v) is 7.70. The smallest absolute Gasteiger partial charge is 0.195 e. The van der Waals surface area contributed by atoms with Gasteiger partial charge in [-0.3, -0.25) is 4.40 Å². The maximum Gasteiger partial charge on any atom is 0.195 e. The predicted octanol–water partition coefficient (Wildman–Crippen LogP) is 1.65. The highest BCUT2D eigenvalue weighted by Crippen LogP contribution is 2.35. The van der Waals surface area contributed by atoms with Crippen LogP contribution in [0.3, 0.4) is 0 Å². The second kappa shape index (κ2) is 4.47. The standard InChI is InChI=1S/C13H17N3O2S/c17-8-10-12(14-13-16(10)5-7-19-13)15-4-6-18-11-3-1-2-9(11)15/h5,7,9,11,17H,1-4,6,8H2. The molecule has 1 saturated carbocycles. The number of aromatic nitrogens is 2. The number of morpholine rings is 1. The summed E-state index contributed by atoms with van der Waals surface area (Å²) in [6.45, 7) is 1.66. The predicted molar refractivity (Wildman–Crippen MR) is 73.7 cm³/mol. The molecule has 0 amide bonds. The number of nitrogens with zero attached hydrogens (tertiary/aromatic N) is 3. The van der Waals surface area contributed by atoms with Crippen molar-refractivity contribution in [3.8, 4) is 0 Å². The summed E-state index contributed by atoms with van der Waals surface area (Å²) in [5.41, 5.74) is 0.906. The van der Waals surface area contributed by atoms with Crippen molar-refractivity contribution in [2.75, 3.05) is 18.1 Å². The lowest BCUT2D eigenvalue weighted by Crippen LogP contribution is -2.49. The molecule has 2 fully saturated rings. The van der Waals surface area contributed by atoms with E-state index in [4.69, 9.17) is 9.72 Å². The summed E-state index contributed by atoms with van der Waals surface area (Å²) < 4.78 is 7.85. The lowest BCUT2D eigenvalue weighted by Gasteiger charge is -2.38. The molecule has 1 aliphatic carbocycles. The summed E-state index contributed by atoms with van der Waals surface area (Å²) in [7, 11) is 0. The number of anilines is 1. The van der Waals surface area contributed by atoms with E-state index >= 15 is 0 Å². The summed E-state index contributed by atoms with van der Waals surface area (Å²) in [5, 5.41) is 11.7. The van der Waals surface area contributed by atoms with Gasteiger partial charge in [0.25, 0.3) is 0 Å². The molecule has 2 aromatic rings. The molecule has 1 N–H and O–H groups in total. The maximum atomic E-state index is 9.68. The summed E-state index contributed by atoms with van der Waals surface area (Å²) in [6, 6.07) is 0.434. The highest BCUT2D eigenvalue weighted by Gasteiger charge is 2.38. The molecule has 3 heterocycles. The molecular weight excluding hydrogens is 262 g/mol. The van der Waals surface area contributed by atoms with Crippen LogP contribution in [0.1, 0.15) is 25.0 Å². The Morgan fingerprint density at radius 2 is 2.42 bits per heavy atom. The molecule has 1 aliphatic heterocycles. The highest BCUT2D eigenvalue weighted by atomic mass is 32.1. The van der Waals surface area contributed by atoms with Crippen molar-refractivity contribution in [2.45, 2.75) is 38.0 Å². The van der Waals surface area contributed by atoms with Gasteiger partial charge < -0.3 is 14.7 Å². The third kappa shape index (κ3) is 1.70. The van der Waals surface area contributed by atoms with Crippen LogP contribution in [0.15, 0.2) is 11.6 Å². The van der Waals surface area contributed by atoms with Crippen molar-refractivity contribution in [2.24, 2.45) is 0 Å². The van der Waals surface area contributed by atoms with Crippen LogP contribution >= 0.6 is 11.3 Å². The number of rotatable bonds is 2. The Balaban J connectivity index is 1.78. The highest BCUT2D eigenvalue weighted by molar-refractivity contribution is 7.15. The second-order valence-corrected chi connectivity index (χ2v) is 6.07. The fraction of sp³-hybridized carbons (Fsp3) is 0.615. The fourth-order valence-electron chi connectivity index (χ4n) is 3.39. The Labute approximate surface area is 115 Å². The zero-order valence-corrected chi connectivity index (χ0v) is 11.5. The normalized spacial score (nSPS) is 27.1. The Hall–Kier alpha value is -1.11. The first kappa shape index (κ1) is 11.7. The zero-order chi connectivity index (χ0) is 12.8. The molecule has 0 spiro atoms. The van der Waals surface area contributed by atoms with Crippen molar-refractivity contribution in [3.05, 3.63) is 17.3 Å². The first-order valence-electron chi connectivity index (χ1n) is 6.82. The van der Waals surface area contributed by atoms with E-state index in [0.717, 1.165) is 36.0 Å². The van der Waals surface area contributed by atoms with Crippen LogP contribution in [-0.4, -0.2) is 39.8 Å². The zero-order valence-electron chi connectivity index (χ0n) is 10.7. The van der Waals surface area contributed by atoms with E-state index in [1.54, 1.807) is 11.3 Å². The molecule has 2 aromatic heterocycles. The SMILES string of the molecule is OCc1c(N2CCOC3CCCC32)nc2sccn12. The van der Waals surface area contributed by atoms with Gasteiger partial charge in [0.1, 0.15) is 0 Å². The second-order valence-electron chi connectivity index (χ2n) is 5.20. The van der Waals surface area contributed by atoms with Crippen molar-refractivity contribution >= 4 is 22.1 Å². The van der Waals surface area contributed by atoms with Crippen molar-refractivity contribution < 1.29 is 9.84 Å². The Bertz CT molecular complexity index is 594. The molecule has 19 heavy (non-hydrogen) atoms. The van der Waals surface area contributed by atoms with Gasteiger partial charge in [-0.25, -0.2) is 4.98 Å². The van der Waals surface area contributed by atoms with Gasteiger partial charge in [-0.05, 0) is 19.3 Å². The van der Waals surface area contributed by atoms with E-state index in [-0.39, 0.29) is 6.61 Å². The summed E-state index contributed by atoms with van der Waals surface area (Å²) >= 11 is 1.61. The minimum atomic E-state index is 0.0297. The van der Waals surface area contributed by atoms with Gasteiger partial charge in [-0.1, -0.05) is 0 Å². The third-order valence-electron chi connectivity index (χ3n) is 4.24. The lowest BCUT2D eigenvalue weighted by atomic mass is 10.1. The minimum absolute atomic E-state index is 0.0297. The quantitative estimate of drug-likeness (QED) is 0.908. The number of ether oxygens (including phenoxy) is 1. The van der Waals surface area contributed by atoms with E-state index in [9.17, 15) is 5.11 Å². The van der Waals surface area contributed by atoms with Crippen LogP contribution < -0.4 is 4.90 Å². The average Bonchev–Trinajstić information content (AvgIpc) is 3.12. The number of aliphatic hydroxyl groups excluding tert-OH is 1. The van der Waals surface area contributed by atoms with Gasteiger partial charge in [0, 0.05) is 18.1 Å². The number of imidazole rings is 1. The van der Waals surface area contributed by atoms with Crippen LogP contribution in [0.5, 0.6) is 0 Å². The maximum absolute atomic E-state index is 9.68. The minimum Gasteiger partial charge on any atom is -0.390 e. The molecule has 102 valence electrons. The summed E-state index contributed by atoms with van der Waals surface area (Å²) in [6.07, 6.45) is 5.87. The number of fused-ring (bicyclic) bond motifs is 2. The van der Waals surface area contributed by atoms with Crippen LogP contribution in [0, 0.1) is 0 Å². The van der Waals surface area contributed by atoms with Crippen LogP contribution in [-0.2, 0) is 11.3 Å². The third-order valence-corrected chi connectivity index (χ3v) is 5.00. The van der Waals surface area contributed by atoms with E-state index in [1.807, 2.05) is 16.0 Å². The summed E-state index contributed by atoms with van der Waals surface area (Å²) in [4.78, 5) is 8.03. The first-order chi connectivity index (χ1) is 9.38. The molecule has 0 aromatic carbocycles. The fourth-order valence-corrected chi connectivity index (χ4v) is 4.11. The van der Waals surface area contributed by atoms with Gasteiger partial charge in [0.05, 0.1) is 31.1 Å². The molecule has 2 atom stereocenters. The van der Waals surface area contributed by atoms with E-state index in [2.05, 4.69) is 4.90 Å². The van der Waals surface area contributed by atoms with Crippen molar-refractivity contribution in [1.82, 2.24) is 9.38 Å². The van der Waals surface area contributed by atoms with Crippen molar-refractivity contribution in [3.63, 3.8) is 0 Å². The van der Waals surface area contributed by atoms with Gasteiger partial charge >= 0.3 is 0 Å². The largest absolute Gasteiger partial charge is 0.390 e. The van der Waals surface area contributed by atoms with Crippen LogP contribution in [0.4, 0.5) is 5.82 Å². The van der Waals surface area contributed by atoms with E-state index in [1.165, 1.54) is 12.8 Å². The monoisotopic (exact) mass is 279 g/mol. The molecule has 4 rings (SSSR count). The number of thiazole rings is 1. The Morgan fingerprint density at radius 3 is 3.32 bits per heavy atom. The molecule has 2 unspecified atom stereocenters. The molecule has 1 saturated heterocycles. The van der Waals surface area contributed by atoms with Crippen molar-refractivity contribution in [1.29, 1.82) is 0 Å². The Kier molecular flexibility index (Phi) is 2.75. The number of hydrogen-bond donors (Lipinski definition) is 1. The van der Waals surface area contributed by atoms with Gasteiger partial charge in [0.2, 0.25) is 0 Å². The molecule has 0 bridgehead atoms. The van der Waals surface area contributed by atoms with Gasteiger partial charge in [-0.2, -0.15) is 0 Å². The molecule has 0 radical (unpaired) electrons. The van der Waals surface area contributed by atoms with Crippen LogP contribution in [0.2, 0.25) is 0 Å². The molecule has 6 heteroatoms. The number of hydrogen-bond acceptors (Lipinski definition) is 5. The van der Waals surface area contributed by atoms with Gasteiger partial charge in [0.15, 0.2) is 10.8 Å². The van der Waals surface area contributed by atoms with Gasteiger partial charge in [-0.15, -0.1) is 11.3 Å². The van der Waals surface area contributed by atoms with E-state index in [0.29, 0.717) is 12.1 Å². The molecule has 2 aliphatic rings. The topological polar surface area (TPSA) is 50.0 Å². The average molecular weight is 279 g/mol. The lowest BCUT2D eigenvalue weighted by molar-refractivity contribution is 0.0252. The number of aliphatic hydroxyl groups is 1. The molecule has 5 nitrogen and oxygen atoms in total.